The molecule has 0 spiro atoms. The van der Waals surface area contributed by atoms with Crippen LogP contribution in [0.3, 0.4) is 0 Å². The van der Waals surface area contributed by atoms with Crippen LogP contribution >= 0.6 is 0 Å². The van der Waals surface area contributed by atoms with Crippen LogP contribution in [-0.2, 0) is 0 Å². The minimum Gasteiger partial charge on any atom is -0.394 e. The van der Waals surface area contributed by atoms with Gasteiger partial charge < -0.3 is 15.1 Å². The highest BCUT2D eigenvalue weighted by atomic mass is 16.3. The van der Waals surface area contributed by atoms with E-state index in [1.165, 1.54) is 32.1 Å². The predicted octanol–water partition coefficient (Wildman–Crippen LogP) is 2.02. The minimum atomic E-state index is -0.567. The molecular weight excluding hydrogens is 202 g/mol. The van der Waals surface area contributed by atoms with Crippen LogP contribution in [0.1, 0.15) is 51.9 Å². The SMILES string of the molecule is CCCCCCCC(CC(O)CO)N(C)C. The molecule has 2 unspecified atom stereocenters. The molecule has 0 saturated carbocycles. The third kappa shape index (κ3) is 8.08. The summed E-state index contributed by atoms with van der Waals surface area (Å²) < 4.78 is 0. The number of unbranched alkanes of at least 4 members (excludes halogenated alkanes) is 4. The molecule has 0 saturated heterocycles. The Morgan fingerprint density at radius 3 is 2.19 bits per heavy atom. The van der Waals surface area contributed by atoms with E-state index in [2.05, 4.69) is 11.8 Å². The Balaban J connectivity index is 3.68. The maximum absolute atomic E-state index is 9.44. The van der Waals surface area contributed by atoms with E-state index < -0.39 is 6.10 Å². The van der Waals surface area contributed by atoms with Crippen molar-refractivity contribution < 1.29 is 10.2 Å². The van der Waals surface area contributed by atoms with Gasteiger partial charge in [-0.3, -0.25) is 0 Å². The fraction of sp³-hybridized carbons (Fsp3) is 1.00. The smallest absolute Gasteiger partial charge is 0.0785 e. The summed E-state index contributed by atoms with van der Waals surface area (Å²) in [5, 5.41) is 18.3. The number of hydrogen-bond donors (Lipinski definition) is 2. The zero-order valence-corrected chi connectivity index (χ0v) is 11.2. The summed E-state index contributed by atoms with van der Waals surface area (Å²) in [6.07, 6.45) is 7.66. The molecule has 2 N–H and O–H groups in total. The monoisotopic (exact) mass is 231 g/mol. The Kier molecular flexibility index (Phi) is 9.99. The van der Waals surface area contributed by atoms with Crippen LogP contribution in [0.2, 0.25) is 0 Å². The molecule has 0 aliphatic heterocycles. The van der Waals surface area contributed by atoms with Gasteiger partial charge in [0.1, 0.15) is 0 Å². The summed E-state index contributed by atoms with van der Waals surface area (Å²) in [5.74, 6) is 0. The van der Waals surface area contributed by atoms with Crippen molar-refractivity contribution in [3.8, 4) is 0 Å². The lowest BCUT2D eigenvalue weighted by Gasteiger charge is -2.26. The van der Waals surface area contributed by atoms with Gasteiger partial charge in [0, 0.05) is 6.04 Å². The zero-order chi connectivity index (χ0) is 12.4. The van der Waals surface area contributed by atoms with Gasteiger partial charge in [0.2, 0.25) is 0 Å². The van der Waals surface area contributed by atoms with Crippen LogP contribution in [0, 0.1) is 0 Å². The molecule has 98 valence electrons. The fourth-order valence-corrected chi connectivity index (χ4v) is 1.96. The molecule has 0 bridgehead atoms. The van der Waals surface area contributed by atoms with E-state index in [0.717, 1.165) is 6.42 Å². The highest BCUT2D eigenvalue weighted by Crippen LogP contribution is 2.14. The van der Waals surface area contributed by atoms with E-state index in [1.54, 1.807) is 0 Å². The average molecular weight is 231 g/mol. The summed E-state index contributed by atoms with van der Waals surface area (Å²) in [6.45, 7) is 2.10. The Morgan fingerprint density at radius 2 is 1.69 bits per heavy atom. The molecule has 3 heteroatoms. The van der Waals surface area contributed by atoms with Gasteiger partial charge in [-0.1, -0.05) is 39.0 Å². The predicted molar refractivity (Wildman–Crippen MR) is 68.6 cm³/mol. The zero-order valence-electron chi connectivity index (χ0n) is 11.2. The van der Waals surface area contributed by atoms with Crippen molar-refractivity contribution in [1.82, 2.24) is 4.90 Å². The standard InChI is InChI=1S/C13H29NO2/c1-4-5-6-7-8-9-12(14(2)3)10-13(16)11-15/h12-13,15-16H,4-11H2,1-3H3. The average Bonchev–Trinajstić information content (AvgIpc) is 2.26. The van der Waals surface area contributed by atoms with E-state index in [-0.39, 0.29) is 6.61 Å². The minimum absolute atomic E-state index is 0.125. The maximum atomic E-state index is 9.44. The normalized spacial score (nSPS) is 15.4. The molecule has 0 aromatic heterocycles. The molecule has 16 heavy (non-hydrogen) atoms. The van der Waals surface area contributed by atoms with E-state index >= 15 is 0 Å². The third-order valence-corrected chi connectivity index (χ3v) is 3.13. The van der Waals surface area contributed by atoms with Gasteiger partial charge in [0.25, 0.3) is 0 Å². The van der Waals surface area contributed by atoms with Crippen molar-refractivity contribution in [2.24, 2.45) is 0 Å². The first-order chi connectivity index (χ1) is 7.61. The molecule has 0 fully saturated rings. The van der Waals surface area contributed by atoms with Crippen LogP contribution in [0.5, 0.6) is 0 Å². The number of aliphatic hydroxyl groups is 2. The first-order valence-electron chi connectivity index (χ1n) is 6.57. The maximum Gasteiger partial charge on any atom is 0.0785 e. The molecule has 0 radical (unpaired) electrons. The first-order valence-corrected chi connectivity index (χ1v) is 6.57. The Hall–Kier alpha value is -0.120. The highest BCUT2D eigenvalue weighted by Gasteiger charge is 2.15. The van der Waals surface area contributed by atoms with Crippen LogP contribution in [0.4, 0.5) is 0 Å². The fourth-order valence-electron chi connectivity index (χ4n) is 1.96. The van der Waals surface area contributed by atoms with Crippen molar-refractivity contribution >= 4 is 0 Å². The van der Waals surface area contributed by atoms with Crippen LogP contribution < -0.4 is 0 Å². The van der Waals surface area contributed by atoms with Gasteiger partial charge in [0.15, 0.2) is 0 Å². The number of nitrogens with zero attached hydrogens (tertiary/aromatic N) is 1. The Morgan fingerprint density at radius 1 is 1.06 bits per heavy atom. The Labute approximate surface area is 100 Å². The van der Waals surface area contributed by atoms with Gasteiger partial charge in [0.05, 0.1) is 12.7 Å². The molecule has 0 amide bonds. The van der Waals surface area contributed by atoms with Crippen molar-refractivity contribution in [3.05, 3.63) is 0 Å². The van der Waals surface area contributed by atoms with Gasteiger partial charge in [-0.25, -0.2) is 0 Å². The van der Waals surface area contributed by atoms with Gasteiger partial charge in [-0.15, -0.1) is 0 Å². The van der Waals surface area contributed by atoms with E-state index in [0.29, 0.717) is 12.5 Å². The number of rotatable bonds is 10. The van der Waals surface area contributed by atoms with E-state index in [4.69, 9.17) is 5.11 Å². The summed E-state index contributed by atoms with van der Waals surface area (Å²) in [6, 6.07) is 0.392. The second-order valence-electron chi connectivity index (χ2n) is 4.89. The molecule has 0 rings (SSSR count). The van der Waals surface area contributed by atoms with E-state index in [1.807, 2.05) is 14.1 Å². The van der Waals surface area contributed by atoms with Crippen molar-refractivity contribution in [3.63, 3.8) is 0 Å². The molecule has 0 heterocycles. The van der Waals surface area contributed by atoms with Gasteiger partial charge in [-0.05, 0) is 26.9 Å². The van der Waals surface area contributed by atoms with Crippen LogP contribution in [0.25, 0.3) is 0 Å². The highest BCUT2D eigenvalue weighted by molar-refractivity contribution is 4.70. The molecule has 0 aromatic carbocycles. The molecule has 0 aliphatic carbocycles. The second-order valence-corrected chi connectivity index (χ2v) is 4.89. The van der Waals surface area contributed by atoms with Crippen molar-refractivity contribution in [1.29, 1.82) is 0 Å². The lowest BCUT2D eigenvalue weighted by molar-refractivity contribution is 0.0634. The first kappa shape index (κ1) is 15.9. The summed E-state index contributed by atoms with van der Waals surface area (Å²) in [4.78, 5) is 2.15. The number of aliphatic hydroxyl groups excluding tert-OH is 2. The summed E-state index contributed by atoms with van der Waals surface area (Å²) in [7, 11) is 4.08. The van der Waals surface area contributed by atoms with Crippen molar-refractivity contribution in [2.45, 2.75) is 64.0 Å². The lowest BCUT2D eigenvalue weighted by atomic mass is 10.0. The van der Waals surface area contributed by atoms with Gasteiger partial charge in [-0.2, -0.15) is 0 Å². The molecule has 3 nitrogen and oxygen atoms in total. The third-order valence-electron chi connectivity index (χ3n) is 3.13. The quantitative estimate of drug-likeness (QED) is 0.565. The van der Waals surface area contributed by atoms with Crippen LogP contribution in [0.15, 0.2) is 0 Å². The molecule has 0 aromatic rings. The summed E-state index contributed by atoms with van der Waals surface area (Å²) >= 11 is 0. The topological polar surface area (TPSA) is 43.7 Å². The van der Waals surface area contributed by atoms with E-state index in [9.17, 15) is 5.11 Å². The summed E-state index contributed by atoms with van der Waals surface area (Å²) in [5.41, 5.74) is 0. The molecular formula is C13H29NO2. The Bertz CT molecular complexity index is 151. The largest absolute Gasteiger partial charge is 0.394 e. The van der Waals surface area contributed by atoms with Crippen molar-refractivity contribution in [2.75, 3.05) is 20.7 Å². The van der Waals surface area contributed by atoms with Gasteiger partial charge >= 0.3 is 0 Å². The van der Waals surface area contributed by atoms with Crippen LogP contribution in [-0.4, -0.2) is 48.0 Å². The molecule has 2 atom stereocenters. The molecule has 0 aliphatic rings. The lowest BCUT2D eigenvalue weighted by Crippen LogP contribution is -2.33. The second kappa shape index (κ2) is 10.1. The number of hydrogen-bond acceptors (Lipinski definition) is 3.